The molecule has 2 N–H and O–H groups in total. The summed E-state index contributed by atoms with van der Waals surface area (Å²) in [4.78, 5) is 12.4. The Labute approximate surface area is 160 Å². The average Bonchev–Trinajstić information content (AvgIpc) is 3.22. The molecule has 0 bridgehead atoms. The minimum Gasteiger partial charge on any atom is -0.353 e. The van der Waals surface area contributed by atoms with Crippen LogP contribution in [0.3, 0.4) is 0 Å². The van der Waals surface area contributed by atoms with Gasteiger partial charge in [0.2, 0.25) is 5.91 Å². The molecule has 25 heavy (non-hydrogen) atoms. The van der Waals surface area contributed by atoms with E-state index < -0.39 is 15.4 Å². The van der Waals surface area contributed by atoms with Gasteiger partial charge in [-0.25, -0.2) is 8.42 Å². The van der Waals surface area contributed by atoms with Crippen LogP contribution >= 0.6 is 27.3 Å². The van der Waals surface area contributed by atoms with Gasteiger partial charge in [-0.2, -0.15) is 0 Å². The van der Waals surface area contributed by atoms with Crippen LogP contribution < -0.4 is 10.0 Å². The fourth-order valence-electron chi connectivity index (χ4n) is 2.68. The van der Waals surface area contributed by atoms with Crippen molar-refractivity contribution in [3.05, 3.63) is 45.7 Å². The molecule has 1 aliphatic rings. The van der Waals surface area contributed by atoms with Crippen molar-refractivity contribution >= 4 is 48.9 Å². The van der Waals surface area contributed by atoms with Gasteiger partial charge in [0, 0.05) is 11.7 Å². The molecule has 134 valence electrons. The number of carbonyl (C=O) groups is 1. The van der Waals surface area contributed by atoms with E-state index in [1.165, 1.54) is 0 Å². The molecule has 1 aromatic heterocycles. The number of sulfonamides is 1. The van der Waals surface area contributed by atoms with E-state index in [0.29, 0.717) is 5.69 Å². The van der Waals surface area contributed by atoms with Gasteiger partial charge in [0.05, 0.1) is 9.20 Å². The van der Waals surface area contributed by atoms with E-state index in [1.807, 2.05) is 26.0 Å². The number of amides is 1. The molecule has 1 fully saturated rings. The Morgan fingerprint density at radius 2 is 1.80 bits per heavy atom. The SMILES string of the molecule is CC(C)NC(=O)C1(c2ccc(NS(=O)(=O)c3ccc(Br)s3)cc2)CC1. The minimum atomic E-state index is -3.60. The van der Waals surface area contributed by atoms with Crippen molar-refractivity contribution in [3.63, 3.8) is 0 Å². The Morgan fingerprint density at radius 3 is 2.28 bits per heavy atom. The van der Waals surface area contributed by atoms with Crippen molar-refractivity contribution in [1.29, 1.82) is 0 Å². The first-order chi connectivity index (χ1) is 11.7. The second kappa shape index (κ2) is 6.74. The van der Waals surface area contributed by atoms with Crippen LogP contribution in [0.4, 0.5) is 5.69 Å². The highest BCUT2D eigenvalue weighted by Crippen LogP contribution is 2.48. The molecule has 0 saturated heterocycles. The molecule has 1 saturated carbocycles. The highest BCUT2D eigenvalue weighted by molar-refractivity contribution is 9.11. The van der Waals surface area contributed by atoms with Crippen LogP contribution in [0.1, 0.15) is 32.3 Å². The number of rotatable bonds is 6. The highest BCUT2D eigenvalue weighted by atomic mass is 79.9. The van der Waals surface area contributed by atoms with E-state index in [0.717, 1.165) is 33.5 Å². The zero-order valence-corrected chi connectivity index (χ0v) is 17.1. The molecule has 1 amide bonds. The highest BCUT2D eigenvalue weighted by Gasteiger charge is 2.51. The molecule has 3 rings (SSSR count). The molecular formula is C17H19BrN2O3S2. The molecular weight excluding hydrogens is 424 g/mol. The van der Waals surface area contributed by atoms with Gasteiger partial charge in [0.15, 0.2) is 0 Å². The number of carbonyl (C=O) groups excluding carboxylic acids is 1. The summed E-state index contributed by atoms with van der Waals surface area (Å²) in [6.07, 6.45) is 1.64. The van der Waals surface area contributed by atoms with Crippen molar-refractivity contribution in [2.24, 2.45) is 0 Å². The first kappa shape index (κ1) is 18.4. The largest absolute Gasteiger partial charge is 0.353 e. The molecule has 1 aliphatic carbocycles. The van der Waals surface area contributed by atoms with Crippen LogP contribution in [0.15, 0.2) is 44.4 Å². The van der Waals surface area contributed by atoms with E-state index >= 15 is 0 Å². The average molecular weight is 443 g/mol. The summed E-state index contributed by atoms with van der Waals surface area (Å²) in [5, 5.41) is 2.97. The number of benzene rings is 1. The maximum Gasteiger partial charge on any atom is 0.271 e. The van der Waals surface area contributed by atoms with Crippen LogP contribution in [0.2, 0.25) is 0 Å². The molecule has 0 radical (unpaired) electrons. The second-order valence-electron chi connectivity index (χ2n) is 6.45. The Morgan fingerprint density at radius 1 is 1.16 bits per heavy atom. The molecule has 0 unspecified atom stereocenters. The lowest BCUT2D eigenvalue weighted by molar-refractivity contribution is -0.124. The molecule has 0 aliphatic heterocycles. The van der Waals surface area contributed by atoms with E-state index in [9.17, 15) is 13.2 Å². The van der Waals surface area contributed by atoms with Gasteiger partial charge in [0.25, 0.3) is 10.0 Å². The normalized spacial score (nSPS) is 15.8. The van der Waals surface area contributed by atoms with Crippen LogP contribution in [-0.2, 0) is 20.2 Å². The lowest BCUT2D eigenvalue weighted by Gasteiger charge is -2.18. The predicted octanol–water partition coefficient (Wildman–Crippen LogP) is 3.87. The Balaban J connectivity index is 1.76. The fraction of sp³-hybridized carbons (Fsp3) is 0.353. The molecule has 2 aromatic rings. The summed E-state index contributed by atoms with van der Waals surface area (Å²) >= 11 is 4.42. The van der Waals surface area contributed by atoms with E-state index in [2.05, 4.69) is 26.0 Å². The smallest absolute Gasteiger partial charge is 0.271 e. The molecule has 1 aromatic carbocycles. The molecule has 0 spiro atoms. The third kappa shape index (κ3) is 3.91. The van der Waals surface area contributed by atoms with Gasteiger partial charge in [-0.3, -0.25) is 9.52 Å². The summed E-state index contributed by atoms with van der Waals surface area (Å²) in [6, 6.07) is 10.4. The zero-order valence-electron chi connectivity index (χ0n) is 13.9. The van der Waals surface area contributed by atoms with Crippen LogP contribution in [0.5, 0.6) is 0 Å². The van der Waals surface area contributed by atoms with Gasteiger partial charge < -0.3 is 5.32 Å². The summed E-state index contributed by atoms with van der Waals surface area (Å²) in [7, 11) is -3.60. The van der Waals surface area contributed by atoms with Gasteiger partial charge in [-0.15, -0.1) is 11.3 Å². The number of hydrogen-bond acceptors (Lipinski definition) is 4. The number of thiophene rings is 1. The third-order valence-corrected chi connectivity index (χ3v) is 7.60. The second-order valence-corrected chi connectivity index (χ2v) is 10.8. The summed E-state index contributed by atoms with van der Waals surface area (Å²) in [6.45, 7) is 3.88. The van der Waals surface area contributed by atoms with Gasteiger partial charge >= 0.3 is 0 Å². The molecule has 5 nitrogen and oxygen atoms in total. The van der Waals surface area contributed by atoms with Gasteiger partial charge in [-0.05, 0) is 72.4 Å². The van der Waals surface area contributed by atoms with Crippen LogP contribution in [0.25, 0.3) is 0 Å². The monoisotopic (exact) mass is 442 g/mol. The standard InChI is InChI=1S/C17H19BrN2O3S2/c1-11(2)19-16(21)17(9-10-17)12-3-5-13(6-4-12)20-25(22,23)15-8-7-14(18)24-15/h3-8,11,20H,9-10H2,1-2H3,(H,19,21). The Hall–Kier alpha value is -1.38. The topological polar surface area (TPSA) is 75.3 Å². The zero-order chi connectivity index (χ0) is 18.2. The van der Waals surface area contributed by atoms with Crippen LogP contribution in [0, 0.1) is 0 Å². The van der Waals surface area contributed by atoms with Gasteiger partial charge in [0.1, 0.15) is 4.21 Å². The maximum absolute atomic E-state index is 12.4. The van der Waals surface area contributed by atoms with E-state index in [4.69, 9.17) is 0 Å². The van der Waals surface area contributed by atoms with E-state index in [1.54, 1.807) is 24.3 Å². The fourth-order valence-corrected chi connectivity index (χ4v) is 5.75. The van der Waals surface area contributed by atoms with Gasteiger partial charge in [-0.1, -0.05) is 12.1 Å². The lowest BCUT2D eigenvalue weighted by atomic mass is 9.94. The number of anilines is 1. The molecule has 0 atom stereocenters. The number of halogens is 1. The van der Waals surface area contributed by atoms with Crippen molar-refractivity contribution in [1.82, 2.24) is 5.32 Å². The number of nitrogens with one attached hydrogen (secondary N) is 2. The van der Waals surface area contributed by atoms with Crippen molar-refractivity contribution in [2.45, 2.75) is 42.4 Å². The summed E-state index contributed by atoms with van der Waals surface area (Å²) < 4.78 is 28.3. The quantitative estimate of drug-likeness (QED) is 0.712. The van der Waals surface area contributed by atoms with Crippen molar-refractivity contribution < 1.29 is 13.2 Å². The van der Waals surface area contributed by atoms with Crippen LogP contribution in [-0.4, -0.2) is 20.4 Å². The Kier molecular flexibility index (Phi) is 4.96. The summed E-state index contributed by atoms with van der Waals surface area (Å²) in [5.41, 5.74) is 0.945. The van der Waals surface area contributed by atoms with Crippen molar-refractivity contribution in [2.75, 3.05) is 4.72 Å². The first-order valence-electron chi connectivity index (χ1n) is 7.93. The Bertz CT molecular complexity index is 885. The molecule has 1 heterocycles. The minimum absolute atomic E-state index is 0.0410. The maximum atomic E-state index is 12.4. The predicted molar refractivity (Wildman–Crippen MR) is 103 cm³/mol. The van der Waals surface area contributed by atoms with Crippen molar-refractivity contribution in [3.8, 4) is 0 Å². The lowest BCUT2D eigenvalue weighted by Crippen LogP contribution is -2.38. The molecule has 8 heteroatoms. The first-order valence-corrected chi connectivity index (χ1v) is 11.0. The number of hydrogen-bond donors (Lipinski definition) is 2. The van der Waals surface area contributed by atoms with E-state index in [-0.39, 0.29) is 16.2 Å². The summed E-state index contributed by atoms with van der Waals surface area (Å²) in [5.74, 6) is 0.0410. The third-order valence-electron chi connectivity index (χ3n) is 4.11.